The number of para-hydroxylation sites is 1. The zero-order valence-electron chi connectivity index (χ0n) is 12.3. The van der Waals surface area contributed by atoms with Gasteiger partial charge in [0, 0.05) is 5.69 Å². The lowest BCUT2D eigenvalue weighted by molar-refractivity contribution is 0.102. The number of carbonyl (C=O) groups is 1. The first-order chi connectivity index (χ1) is 9.91. The van der Waals surface area contributed by atoms with Crippen molar-refractivity contribution in [3.05, 3.63) is 47.7 Å². The lowest BCUT2D eigenvalue weighted by Crippen LogP contribution is -2.20. The average Bonchev–Trinajstić information content (AvgIpc) is 2.47. The highest BCUT2D eigenvalue weighted by molar-refractivity contribution is 6.03. The molecule has 4 N–H and O–H groups in total. The Bertz CT molecular complexity index is 631. The molecule has 6 heteroatoms. The van der Waals surface area contributed by atoms with Gasteiger partial charge in [0.2, 0.25) is 0 Å². The summed E-state index contributed by atoms with van der Waals surface area (Å²) in [6.07, 6.45) is 0. The molecule has 1 aromatic heterocycles. The Morgan fingerprint density at radius 2 is 1.81 bits per heavy atom. The SMILES string of the molecule is CC(C)(C)c1ccccc1NC(=O)c1ccc(NN)nn1. The summed E-state index contributed by atoms with van der Waals surface area (Å²) in [5, 5.41) is 10.5. The number of aromatic nitrogens is 2. The van der Waals surface area contributed by atoms with Gasteiger partial charge in [0.25, 0.3) is 5.91 Å². The second-order valence-electron chi connectivity index (χ2n) is 5.70. The average molecular weight is 285 g/mol. The van der Waals surface area contributed by atoms with Crippen LogP contribution in [0.1, 0.15) is 36.8 Å². The number of amides is 1. The molecule has 6 nitrogen and oxygen atoms in total. The fraction of sp³-hybridized carbons (Fsp3) is 0.267. The first kappa shape index (κ1) is 14.9. The molecule has 0 aliphatic rings. The molecule has 0 bridgehead atoms. The minimum absolute atomic E-state index is 0.0666. The van der Waals surface area contributed by atoms with Gasteiger partial charge in [-0.3, -0.25) is 4.79 Å². The van der Waals surface area contributed by atoms with Gasteiger partial charge in [0.1, 0.15) is 0 Å². The molecule has 2 aromatic rings. The van der Waals surface area contributed by atoms with Crippen LogP contribution in [0.3, 0.4) is 0 Å². The molecule has 0 radical (unpaired) electrons. The summed E-state index contributed by atoms with van der Waals surface area (Å²) in [5.41, 5.74) is 4.37. The summed E-state index contributed by atoms with van der Waals surface area (Å²) in [6, 6.07) is 10.9. The van der Waals surface area contributed by atoms with Gasteiger partial charge >= 0.3 is 0 Å². The van der Waals surface area contributed by atoms with Crippen LogP contribution in [-0.4, -0.2) is 16.1 Å². The van der Waals surface area contributed by atoms with E-state index in [0.717, 1.165) is 11.3 Å². The van der Waals surface area contributed by atoms with E-state index in [2.05, 4.69) is 41.7 Å². The monoisotopic (exact) mass is 285 g/mol. The number of nitrogens with two attached hydrogens (primary N) is 1. The molecule has 1 heterocycles. The predicted molar refractivity (Wildman–Crippen MR) is 82.9 cm³/mol. The van der Waals surface area contributed by atoms with Crippen molar-refractivity contribution in [3.8, 4) is 0 Å². The van der Waals surface area contributed by atoms with E-state index in [4.69, 9.17) is 5.84 Å². The van der Waals surface area contributed by atoms with Crippen molar-refractivity contribution in [3.63, 3.8) is 0 Å². The van der Waals surface area contributed by atoms with E-state index in [1.54, 1.807) is 12.1 Å². The summed E-state index contributed by atoms with van der Waals surface area (Å²) in [7, 11) is 0. The Morgan fingerprint density at radius 3 is 2.38 bits per heavy atom. The molecule has 0 saturated carbocycles. The van der Waals surface area contributed by atoms with E-state index in [1.807, 2.05) is 24.3 Å². The maximum absolute atomic E-state index is 12.2. The van der Waals surface area contributed by atoms with Gasteiger partial charge < -0.3 is 10.7 Å². The molecule has 0 atom stereocenters. The third kappa shape index (κ3) is 3.55. The van der Waals surface area contributed by atoms with Crippen LogP contribution in [0.5, 0.6) is 0 Å². The smallest absolute Gasteiger partial charge is 0.276 e. The van der Waals surface area contributed by atoms with E-state index in [-0.39, 0.29) is 17.0 Å². The van der Waals surface area contributed by atoms with Crippen molar-refractivity contribution in [2.75, 3.05) is 10.7 Å². The van der Waals surface area contributed by atoms with E-state index in [0.29, 0.717) is 5.82 Å². The van der Waals surface area contributed by atoms with Gasteiger partial charge in [-0.1, -0.05) is 39.0 Å². The highest BCUT2D eigenvalue weighted by Gasteiger charge is 2.19. The zero-order valence-corrected chi connectivity index (χ0v) is 12.3. The minimum atomic E-state index is -0.303. The van der Waals surface area contributed by atoms with Crippen molar-refractivity contribution in [2.45, 2.75) is 26.2 Å². The number of benzene rings is 1. The minimum Gasteiger partial charge on any atom is -0.320 e. The standard InChI is InChI=1S/C15H19N5O/c1-15(2,3)10-6-4-5-7-11(10)17-14(21)12-8-9-13(18-16)20-19-12/h4-9H,16H2,1-3H3,(H,17,21)(H,18,20). The molecule has 0 spiro atoms. The third-order valence-corrected chi connectivity index (χ3v) is 3.03. The summed E-state index contributed by atoms with van der Waals surface area (Å²) < 4.78 is 0. The zero-order chi connectivity index (χ0) is 15.5. The number of nitrogens with one attached hydrogen (secondary N) is 2. The van der Waals surface area contributed by atoms with Crippen LogP contribution in [0.4, 0.5) is 11.5 Å². The number of anilines is 2. The van der Waals surface area contributed by atoms with Crippen LogP contribution in [0.2, 0.25) is 0 Å². The molecule has 21 heavy (non-hydrogen) atoms. The molecular formula is C15H19N5O. The van der Waals surface area contributed by atoms with Crippen LogP contribution >= 0.6 is 0 Å². The Kier molecular flexibility index (Phi) is 4.18. The number of nitrogen functional groups attached to an aromatic ring is 1. The summed E-state index contributed by atoms with van der Waals surface area (Å²) in [4.78, 5) is 12.2. The second kappa shape index (κ2) is 5.88. The van der Waals surface area contributed by atoms with Crippen LogP contribution in [-0.2, 0) is 5.41 Å². The van der Waals surface area contributed by atoms with E-state index in [1.165, 1.54) is 0 Å². The quantitative estimate of drug-likeness (QED) is 0.594. The first-order valence-electron chi connectivity index (χ1n) is 6.63. The number of nitrogens with zero attached hydrogens (tertiary/aromatic N) is 2. The number of rotatable bonds is 3. The molecule has 0 saturated heterocycles. The molecule has 0 aliphatic carbocycles. The lowest BCUT2D eigenvalue weighted by atomic mass is 9.86. The highest BCUT2D eigenvalue weighted by atomic mass is 16.1. The topological polar surface area (TPSA) is 92.9 Å². The van der Waals surface area contributed by atoms with Crippen molar-refractivity contribution in [1.82, 2.24) is 10.2 Å². The first-order valence-corrected chi connectivity index (χ1v) is 6.63. The number of hydrazine groups is 1. The summed E-state index contributed by atoms with van der Waals surface area (Å²) in [5.74, 6) is 5.32. The maximum atomic E-state index is 12.2. The summed E-state index contributed by atoms with van der Waals surface area (Å²) >= 11 is 0. The van der Waals surface area contributed by atoms with Crippen LogP contribution in [0.25, 0.3) is 0 Å². The molecule has 0 fully saturated rings. The molecule has 0 unspecified atom stereocenters. The third-order valence-electron chi connectivity index (χ3n) is 3.03. The number of carbonyl (C=O) groups excluding carboxylic acids is 1. The fourth-order valence-electron chi connectivity index (χ4n) is 1.96. The molecule has 0 aliphatic heterocycles. The normalized spacial score (nSPS) is 11.0. The number of hydrogen-bond acceptors (Lipinski definition) is 5. The van der Waals surface area contributed by atoms with Crippen molar-refractivity contribution < 1.29 is 4.79 Å². The molecular weight excluding hydrogens is 266 g/mol. The largest absolute Gasteiger partial charge is 0.320 e. The van der Waals surface area contributed by atoms with Crippen LogP contribution in [0, 0.1) is 0 Å². The van der Waals surface area contributed by atoms with Crippen LogP contribution < -0.4 is 16.6 Å². The lowest BCUT2D eigenvalue weighted by Gasteiger charge is -2.22. The predicted octanol–water partition coefficient (Wildman–Crippen LogP) is 2.31. The molecule has 2 rings (SSSR count). The Hall–Kier alpha value is -2.47. The van der Waals surface area contributed by atoms with Crippen LogP contribution in [0.15, 0.2) is 36.4 Å². The van der Waals surface area contributed by atoms with Crippen molar-refractivity contribution in [2.24, 2.45) is 5.84 Å². The second-order valence-corrected chi connectivity index (χ2v) is 5.70. The van der Waals surface area contributed by atoms with Crippen molar-refractivity contribution in [1.29, 1.82) is 0 Å². The number of hydrogen-bond donors (Lipinski definition) is 3. The molecule has 1 amide bonds. The Labute approximate surface area is 123 Å². The van der Waals surface area contributed by atoms with Gasteiger partial charge in [0.05, 0.1) is 0 Å². The van der Waals surface area contributed by atoms with Gasteiger partial charge in [-0.05, 0) is 29.2 Å². The Morgan fingerprint density at radius 1 is 1.10 bits per heavy atom. The molecule has 110 valence electrons. The highest BCUT2D eigenvalue weighted by Crippen LogP contribution is 2.29. The van der Waals surface area contributed by atoms with Gasteiger partial charge in [-0.25, -0.2) is 5.84 Å². The van der Waals surface area contributed by atoms with Gasteiger partial charge in [-0.2, -0.15) is 0 Å². The van der Waals surface area contributed by atoms with E-state index < -0.39 is 0 Å². The van der Waals surface area contributed by atoms with Crippen molar-refractivity contribution >= 4 is 17.4 Å². The summed E-state index contributed by atoms with van der Waals surface area (Å²) in [6.45, 7) is 6.29. The van der Waals surface area contributed by atoms with E-state index in [9.17, 15) is 4.79 Å². The fourth-order valence-corrected chi connectivity index (χ4v) is 1.96. The Balaban J connectivity index is 2.23. The molecule has 1 aromatic carbocycles. The van der Waals surface area contributed by atoms with Gasteiger partial charge in [-0.15, -0.1) is 10.2 Å². The van der Waals surface area contributed by atoms with E-state index >= 15 is 0 Å². The maximum Gasteiger partial charge on any atom is 0.276 e. The van der Waals surface area contributed by atoms with Gasteiger partial charge in [0.15, 0.2) is 11.5 Å².